The first-order chi connectivity index (χ1) is 19.2. The Morgan fingerprint density at radius 3 is 2.55 bits per heavy atom. The molecule has 0 aliphatic carbocycles. The second-order valence-corrected chi connectivity index (χ2v) is 10.8. The second kappa shape index (κ2) is 11.5. The molecule has 40 heavy (non-hydrogen) atoms. The highest BCUT2D eigenvalue weighted by Crippen LogP contribution is 2.35. The maximum atomic E-state index is 10.4. The molecule has 0 atom stereocenters. The maximum Gasteiger partial charge on any atom is 0.229 e. The first kappa shape index (κ1) is 27.4. The maximum absolute atomic E-state index is 10.4. The number of piperidine rings is 1. The summed E-state index contributed by atoms with van der Waals surface area (Å²) in [5.41, 5.74) is 2.96. The van der Waals surface area contributed by atoms with Crippen molar-refractivity contribution in [2.45, 2.75) is 38.3 Å². The Morgan fingerprint density at radius 1 is 1.07 bits per heavy atom. The average molecular weight is 544 g/mol. The van der Waals surface area contributed by atoms with Gasteiger partial charge in [-0.3, -0.25) is 0 Å². The molecule has 0 saturated carbocycles. The SMILES string of the molecule is COc1cc(Nc2ncc(-c3ccoc3)c(Nc3cccc(C(C)(C)O)n3)n2)ccc1N1CCC(N(C)C)CC1. The van der Waals surface area contributed by atoms with E-state index in [0.29, 0.717) is 29.3 Å². The molecule has 0 spiro atoms. The van der Waals surface area contributed by atoms with Gasteiger partial charge < -0.3 is 34.7 Å². The van der Waals surface area contributed by atoms with Gasteiger partial charge in [0.15, 0.2) is 0 Å². The molecule has 1 aromatic carbocycles. The molecule has 1 saturated heterocycles. The molecule has 10 heteroatoms. The number of ether oxygens (including phenoxy) is 1. The minimum Gasteiger partial charge on any atom is -0.495 e. The van der Waals surface area contributed by atoms with Gasteiger partial charge in [-0.05, 0) is 71.1 Å². The van der Waals surface area contributed by atoms with Gasteiger partial charge in [0.2, 0.25) is 5.95 Å². The fourth-order valence-corrected chi connectivity index (χ4v) is 4.90. The normalized spacial score (nSPS) is 14.4. The molecule has 3 N–H and O–H groups in total. The van der Waals surface area contributed by atoms with Crippen LogP contribution in [0.2, 0.25) is 0 Å². The predicted molar refractivity (Wildman–Crippen MR) is 158 cm³/mol. The van der Waals surface area contributed by atoms with Crippen molar-refractivity contribution in [1.82, 2.24) is 19.9 Å². The highest BCUT2D eigenvalue weighted by atomic mass is 16.5. The zero-order valence-corrected chi connectivity index (χ0v) is 23.7. The molecule has 0 radical (unpaired) electrons. The van der Waals surface area contributed by atoms with Gasteiger partial charge in [-0.2, -0.15) is 4.98 Å². The van der Waals surface area contributed by atoms with E-state index in [1.807, 2.05) is 30.3 Å². The summed E-state index contributed by atoms with van der Waals surface area (Å²) in [5.74, 6) is 2.31. The smallest absolute Gasteiger partial charge is 0.229 e. The van der Waals surface area contributed by atoms with Gasteiger partial charge in [-0.25, -0.2) is 9.97 Å². The van der Waals surface area contributed by atoms with E-state index >= 15 is 0 Å². The van der Waals surface area contributed by atoms with Crippen LogP contribution in [0, 0.1) is 0 Å². The van der Waals surface area contributed by atoms with Crippen LogP contribution in [0.25, 0.3) is 11.1 Å². The van der Waals surface area contributed by atoms with Crippen LogP contribution in [0.15, 0.2) is 65.6 Å². The Bertz CT molecular complexity index is 1430. The number of aromatic nitrogens is 3. The molecule has 210 valence electrons. The largest absolute Gasteiger partial charge is 0.495 e. The third-order valence-corrected chi connectivity index (χ3v) is 7.21. The Hall–Kier alpha value is -4.15. The summed E-state index contributed by atoms with van der Waals surface area (Å²) in [6.07, 6.45) is 7.23. The van der Waals surface area contributed by atoms with Gasteiger partial charge >= 0.3 is 0 Å². The van der Waals surface area contributed by atoms with Crippen LogP contribution in [0.3, 0.4) is 0 Å². The zero-order chi connectivity index (χ0) is 28.3. The lowest BCUT2D eigenvalue weighted by Gasteiger charge is -2.37. The summed E-state index contributed by atoms with van der Waals surface area (Å²) in [7, 11) is 5.99. The first-order valence-corrected chi connectivity index (χ1v) is 13.4. The van der Waals surface area contributed by atoms with Crippen molar-refractivity contribution in [3.05, 3.63) is 66.9 Å². The van der Waals surface area contributed by atoms with Gasteiger partial charge in [0.1, 0.15) is 23.0 Å². The molecule has 1 fully saturated rings. The van der Waals surface area contributed by atoms with Crippen LogP contribution < -0.4 is 20.3 Å². The Labute approximate surface area is 235 Å². The van der Waals surface area contributed by atoms with Gasteiger partial charge in [0.05, 0.1) is 31.0 Å². The molecule has 1 aliphatic heterocycles. The van der Waals surface area contributed by atoms with Crippen molar-refractivity contribution in [3.8, 4) is 16.9 Å². The lowest BCUT2D eigenvalue weighted by atomic mass is 10.0. The van der Waals surface area contributed by atoms with E-state index in [9.17, 15) is 5.11 Å². The first-order valence-electron chi connectivity index (χ1n) is 13.4. The molecular weight excluding hydrogens is 506 g/mol. The number of nitrogens with zero attached hydrogens (tertiary/aromatic N) is 5. The van der Waals surface area contributed by atoms with Crippen molar-refractivity contribution in [2.24, 2.45) is 0 Å². The number of benzene rings is 1. The van der Waals surface area contributed by atoms with E-state index in [1.54, 1.807) is 45.7 Å². The molecule has 0 amide bonds. The monoisotopic (exact) mass is 543 g/mol. The van der Waals surface area contributed by atoms with Crippen LogP contribution in [-0.2, 0) is 5.60 Å². The lowest BCUT2D eigenvalue weighted by Crippen LogP contribution is -2.42. The van der Waals surface area contributed by atoms with Crippen molar-refractivity contribution in [3.63, 3.8) is 0 Å². The van der Waals surface area contributed by atoms with E-state index < -0.39 is 5.60 Å². The minimum absolute atomic E-state index is 0.412. The number of pyridine rings is 1. The number of nitrogens with one attached hydrogen (secondary N) is 2. The number of rotatable bonds is 9. The molecule has 4 aromatic rings. The molecule has 10 nitrogen and oxygen atoms in total. The third-order valence-electron chi connectivity index (χ3n) is 7.21. The van der Waals surface area contributed by atoms with Gasteiger partial charge in [-0.15, -0.1) is 0 Å². The van der Waals surface area contributed by atoms with Crippen molar-refractivity contribution in [2.75, 3.05) is 49.8 Å². The number of hydrogen-bond donors (Lipinski definition) is 3. The van der Waals surface area contributed by atoms with Gasteiger partial charge in [-0.1, -0.05) is 6.07 Å². The van der Waals surface area contributed by atoms with Crippen molar-refractivity contribution >= 4 is 29.0 Å². The second-order valence-electron chi connectivity index (χ2n) is 10.8. The minimum atomic E-state index is -1.07. The predicted octanol–water partition coefficient (Wildman–Crippen LogP) is 5.39. The number of furan rings is 1. The standard InChI is InChI=1S/C30H37N7O3/c1-30(2,38)26-7-6-8-27(33-26)34-28-23(20-13-16-40-19-20)18-31-29(35-28)32-21-9-10-24(25(17-21)39-5)37-14-11-22(12-15-37)36(3)4/h6-10,13,16-19,22,38H,11-12,14-15H2,1-5H3,(H2,31,32,33,34,35). The third kappa shape index (κ3) is 6.19. The number of hydrogen-bond acceptors (Lipinski definition) is 10. The summed E-state index contributed by atoms with van der Waals surface area (Å²) in [4.78, 5) is 18.6. The van der Waals surface area contributed by atoms with Crippen LogP contribution in [0.4, 0.5) is 29.0 Å². The number of aliphatic hydroxyl groups is 1. The van der Waals surface area contributed by atoms with Crippen molar-refractivity contribution in [1.29, 1.82) is 0 Å². The topological polar surface area (TPSA) is 112 Å². The number of anilines is 5. The Kier molecular flexibility index (Phi) is 7.90. The number of methoxy groups -OCH3 is 1. The Morgan fingerprint density at radius 2 is 1.88 bits per heavy atom. The summed E-state index contributed by atoms with van der Waals surface area (Å²) >= 11 is 0. The van der Waals surface area contributed by atoms with Gasteiger partial charge in [0.25, 0.3) is 0 Å². The summed E-state index contributed by atoms with van der Waals surface area (Å²) < 4.78 is 11.1. The zero-order valence-electron chi connectivity index (χ0n) is 23.7. The quantitative estimate of drug-likeness (QED) is 0.254. The summed E-state index contributed by atoms with van der Waals surface area (Å²) in [6.45, 7) is 5.38. The Balaban J connectivity index is 1.39. The van der Waals surface area contributed by atoms with E-state index in [2.05, 4.69) is 50.6 Å². The molecular formula is C30H37N7O3. The molecule has 0 unspecified atom stereocenters. The molecule has 5 rings (SSSR count). The van der Waals surface area contributed by atoms with E-state index in [0.717, 1.165) is 54.2 Å². The lowest BCUT2D eigenvalue weighted by molar-refractivity contribution is 0.0740. The van der Waals surface area contributed by atoms with Gasteiger partial charge in [0, 0.05) is 48.2 Å². The summed E-state index contributed by atoms with van der Waals surface area (Å²) in [6, 6.07) is 14.0. The van der Waals surface area contributed by atoms with Crippen LogP contribution in [0.1, 0.15) is 32.4 Å². The highest BCUT2D eigenvalue weighted by molar-refractivity contribution is 5.78. The molecule has 0 bridgehead atoms. The van der Waals surface area contributed by atoms with Crippen molar-refractivity contribution < 1.29 is 14.3 Å². The van der Waals surface area contributed by atoms with Crippen LogP contribution in [0.5, 0.6) is 5.75 Å². The summed E-state index contributed by atoms with van der Waals surface area (Å²) in [5, 5.41) is 17.0. The van der Waals surface area contributed by atoms with E-state index in [4.69, 9.17) is 14.1 Å². The van der Waals surface area contributed by atoms with Crippen LogP contribution >= 0.6 is 0 Å². The molecule has 1 aliphatic rings. The van der Waals surface area contributed by atoms with E-state index in [-0.39, 0.29) is 0 Å². The molecule has 3 aromatic heterocycles. The highest BCUT2D eigenvalue weighted by Gasteiger charge is 2.23. The fourth-order valence-electron chi connectivity index (χ4n) is 4.90. The fraction of sp³-hybridized carbons (Fsp3) is 0.367. The average Bonchev–Trinajstić information content (AvgIpc) is 3.48. The molecule has 4 heterocycles. The van der Waals surface area contributed by atoms with Crippen LogP contribution in [-0.4, -0.2) is 65.3 Å². The van der Waals surface area contributed by atoms with E-state index in [1.165, 1.54) is 0 Å².